The van der Waals surface area contributed by atoms with Crippen molar-refractivity contribution >= 4 is 25.7 Å². The van der Waals surface area contributed by atoms with Crippen LogP contribution in [0.25, 0.3) is 0 Å². The van der Waals surface area contributed by atoms with Crippen molar-refractivity contribution in [2.45, 2.75) is 341 Å². The summed E-state index contributed by atoms with van der Waals surface area (Å²) >= 11 is 1.39. The van der Waals surface area contributed by atoms with Crippen LogP contribution in [0, 0.1) is 0 Å². The molecule has 0 N–H and O–H groups in total. The number of hydrogen-bond donors (Lipinski definition) is 0. The summed E-state index contributed by atoms with van der Waals surface area (Å²) in [7, 11) is -1.27. The molecule has 0 bridgehead atoms. The maximum absolute atomic E-state index is 12.3. The third-order valence-electron chi connectivity index (χ3n) is 14.1. The van der Waals surface area contributed by atoms with Crippen LogP contribution < -0.4 is 0 Å². The van der Waals surface area contributed by atoms with Crippen LogP contribution in [0.4, 0.5) is 0 Å². The van der Waals surface area contributed by atoms with Crippen LogP contribution in [0.3, 0.4) is 0 Å². The van der Waals surface area contributed by atoms with Gasteiger partial charge in [-0.2, -0.15) is 0 Å². The van der Waals surface area contributed by atoms with Crippen molar-refractivity contribution in [2.24, 2.45) is 0 Å². The van der Waals surface area contributed by atoms with Gasteiger partial charge in [0.1, 0.15) is 6.61 Å². The molecule has 402 valence electrons. The van der Waals surface area contributed by atoms with Crippen molar-refractivity contribution < 1.29 is 22.8 Å². The molecule has 7 heteroatoms. The highest BCUT2D eigenvalue weighted by Crippen LogP contribution is 2.24. The Morgan fingerprint density at radius 2 is 0.522 bits per heavy atom. The minimum absolute atomic E-state index is 0.104. The summed E-state index contributed by atoms with van der Waals surface area (Å²) in [4.78, 5) is 12.3. The second-order valence-electron chi connectivity index (χ2n) is 20.9. The largest absolute Gasteiger partial charge is 0.500 e. The van der Waals surface area contributed by atoms with E-state index in [0.717, 1.165) is 57.3 Å². The van der Waals surface area contributed by atoms with Crippen LogP contribution in [-0.4, -0.2) is 53.2 Å². The Kier molecular flexibility index (Phi) is 58.7. The van der Waals surface area contributed by atoms with E-state index in [2.05, 4.69) is 20.8 Å². The third-order valence-corrected chi connectivity index (χ3v) is 17.9. The first kappa shape index (κ1) is 67.1. The predicted octanol–water partition coefficient (Wildman–Crippen LogP) is 21.1. The molecule has 0 amide bonds. The van der Waals surface area contributed by atoms with Gasteiger partial charge in [0.2, 0.25) is 5.12 Å². The van der Waals surface area contributed by atoms with Crippen molar-refractivity contribution in [1.82, 2.24) is 0 Å². The van der Waals surface area contributed by atoms with Crippen molar-refractivity contribution in [3.63, 3.8) is 0 Å². The summed E-state index contributed by atoms with van der Waals surface area (Å²) in [5, 5.41) is 0.104. The molecule has 5 nitrogen and oxygen atoms in total. The van der Waals surface area contributed by atoms with Crippen molar-refractivity contribution in [3.8, 4) is 0 Å². The molecule has 0 aliphatic carbocycles. The molecule has 0 atom stereocenters. The Bertz CT molecular complexity index is 830. The third kappa shape index (κ3) is 53.7. The van der Waals surface area contributed by atoms with Crippen LogP contribution >= 0.6 is 11.8 Å². The first-order valence-corrected chi connectivity index (χ1v) is 33.6. The van der Waals surface area contributed by atoms with Gasteiger partial charge < -0.3 is 18.0 Å². The first-order valence-electron chi connectivity index (χ1n) is 30.7. The van der Waals surface area contributed by atoms with Crippen LogP contribution in [0.5, 0.6) is 0 Å². The first-order chi connectivity index (χ1) is 33.1. The molecular weight excluding hydrogens is 861 g/mol. The van der Waals surface area contributed by atoms with E-state index >= 15 is 0 Å². The molecule has 0 aliphatic heterocycles. The molecule has 0 aromatic carbocycles. The molecule has 0 spiro atoms. The molecule has 0 aromatic heterocycles. The van der Waals surface area contributed by atoms with E-state index in [4.69, 9.17) is 18.0 Å². The number of thioether (sulfide) groups is 1. The summed E-state index contributed by atoms with van der Waals surface area (Å²) in [5.74, 6) is 0.768. The lowest BCUT2D eigenvalue weighted by atomic mass is 10.0. The average molecular weight is 984 g/mol. The van der Waals surface area contributed by atoms with E-state index in [1.165, 1.54) is 301 Å². The van der Waals surface area contributed by atoms with Crippen LogP contribution in [0.1, 0.15) is 335 Å². The molecule has 0 saturated heterocycles. The predicted molar refractivity (Wildman–Crippen MR) is 301 cm³/mol. The van der Waals surface area contributed by atoms with Gasteiger partial charge in [0.25, 0.3) is 0 Å². The number of hydrogen-bond acceptors (Lipinski definition) is 6. The van der Waals surface area contributed by atoms with Crippen molar-refractivity contribution in [2.75, 3.05) is 39.3 Å². The molecule has 0 aromatic rings. The Morgan fingerprint density at radius 3 is 0.731 bits per heavy atom. The second-order valence-corrected chi connectivity index (χ2v) is 24.8. The fourth-order valence-electron chi connectivity index (χ4n) is 9.61. The van der Waals surface area contributed by atoms with E-state index < -0.39 is 8.80 Å². The number of methoxy groups -OCH3 is 1. The highest BCUT2D eigenvalue weighted by molar-refractivity contribution is 8.13. The van der Waals surface area contributed by atoms with E-state index in [1.54, 1.807) is 7.11 Å². The van der Waals surface area contributed by atoms with Gasteiger partial charge in [0.05, 0.1) is 0 Å². The summed E-state index contributed by atoms with van der Waals surface area (Å²) in [6.07, 6.45) is 66.7. The van der Waals surface area contributed by atoms with Gasteiger partial charge in [0.15, 0.2) is 0 Å². The monoisotopic (exact) mass is 983 g/mol. The number of rotatable bonds is 60. The maximum Gasteiger partial charge on any atom is 0.500 e. The molecule has 0 unspecified atom stereocenters. The van der Waals surface area contributed by atoms with Crippen molar-refractivity contribution in [3.05, 3.63) is 0 Å². The fraction of sp³-hybridized carbons (Fsp3) is 0.983. The van der Waals surface area contributed by atoms with Gasteiger partial charge in [-0.1, -0.05) is 321 Å². The van der Waals surface area contributed by atoms with E-state index in [-0.39, 0.29) is 11.7 Å². The lowest BCUT2D eigenvalue weighted by molar-refractivity contribution is -0.114. The fourth-order valence-corrected chi connectivity index (χ4v) is 13.2. The Balaban J connectivity index is 4.77. The Labute approximate surface area is 427 Å². The van der Waals surface area contributed by atoms with Crippen molar-refractivity contribution in [1.29, 1.82) is 0 Å². The van der Waals surface area contributed by atoms with Gasteiger partial charge in [-0.25, -0.2) is 0 Å². The molecule has 0 fully saturated rings. The number of carbonyl (C=O) groups is 1. The van der Waals surface area contributed by atoms with E-state index in [9.17, 15) is 4.79 Å². The number of carbonyl (C=O) groups excluding carboxylic acids is 1. The maximum atomic E-state index is 12.3. The van der Waals surface area contributed by atoms with Crippen LogP contribution in [0.15, 0.2) is 0 Å². The summed E-state index contributed by atoms with van der Waals surface area (Å²) in [5.41, 5.74) is 0. The molecule has 67 heavy (non-hydrogen) atoms. The van der Waals surface area contributed by atoms with Gasteiger partial charge in [-0.05, 0) is 25.7 Å². The topological polar surface area (TPSA) is 54.0 Å². The van der Waals surface area contributed by atoms with E-state index in [1.807, 2.05) is 0 Å². The molecule has 0 radical (unpaired) electrons. The summed E-state index contributed by atoms with van der Waals surface area (Å²) < 4.78 is 25.6. The van der Waals surface area contributed by atoms with Gasteiger partial charge in [-0.3, -0.25) is 4.79 Å². The highest BCUT2D eigenvalue weighted by Gasteiger charge is 2.40. The second kappa shape index (κ2) is 58.6. The lowest BCUT2D eigenvalue weighted by Gasteiger charge is -2.30. The van der Waals surface area contributed by atoms with Crippen LogP contribution in [-0.2, 0) is 22.8 Å². The van der Waals surface area contributed by atoms with E-state index in [0.29, 0.717) is 0 Å². The quantitative estimate of drug-likeness (QED) is 0.0447. The molecule has 0 aliphatic rings. The van der Waals surface area contributed by atoms with Gasteiger partial charge in [-0.15, -0.1) is 0 Å². The number of unbranched alkanes of at least 4 members (excludes halogenated alkanes) is 45. The SMILES string of the molecule is CCCCCCCCCCCCCCCCCCO[Si](CCCSC(=O)COC)(OCCCCCCCCCCCCCCCCCC)OCCCCCCCCCCCCCCCCCC. The zero-order valence-electron chi connectivity index (χ0n) is 46.3. The smallest absolute Gasteiger partial charge is 0.376 e. The summed E-state index contributed by atoms with van der Waals surface area (Å²) in [6.45, 7) is 9.29. The molecule has 0 saturated carbocycles. The normalized spacial score (nSPS) is 11.9. The Hall–Kier alpha value is 0.0769. The van der Waals surface area contributed by atoms with Gasteiger partial charge >= 0.3 is 8.80 Å². The minimum Gasteiger partial charge on any atom is -0.376 e. The highest BCUT2D eigenvalue weighted by atomic mass is 32.2. The average Bonchev–Trinajstić information content (AvgIpc) is 3.33. The standard InChI is InChI=1S/C60H122O5SSi/c1-5-8-11-14-17-20-23-26-29-32-35-38-41-44-47-50-54-63-67(58-53-57-66-60(61)59-62-4,64-55-51-48-45-42-39-36-33-30-27-24-21-18-15-12-9-6-2)65-56-52-49-46-43-40-37-34-31-28-25-22-19-16-13-10-7-3/h5-59H2,1-4H3. The molecule has 0 rings (SSSR count). The zero-order valence-corrected chi connectivity index (χ0v) is 48.2. The minimum atomic E-state index is -2.87. The Morgan fingerprint density at radius 1 is 0.313 bits per heavy atom. The molecular formula is C60H122O5SSi. The zero-order chi connectivity index (χ0) is 48.5. The van der Waals surface area contributed by atoms with Crippen LogP contribution in [0.2, 0.25) is 6.04 Å². The summed E-state index contributed by atoms with van der Waals surface area (Å²) in [6, 6.07) is 0.802. The number of ether oxygens (including phenoxy) is 1. The van der Waals surface area contributed by atoms with Gasteiger partial charge in [0, 0.05) is 38.7 Å². The lowest BCUT2D eigenvalue weighted by Crippen LogP contribution is -2.46. The molecule has 0 heterocycles.